The van der Waals surface area contributed by atoms with Gasteiger partial charge in [-0.3, -0.25) is 9.78 Å². The van der Waals surface area contributed by atoms with Gasteiger partial charge in [-0.05, 0) is 48.9 Å². The maximum absolute atomic E-state index is 14.7. The molecule has 1 aromatic carbocycles. The number of benzene rings is 1. The molecule has 1 aliphatic rings. The quantitative estimate of drug-likeness (QED) is 0.373. The van der Waals surface area contributed by atoms with Crippen molar-refractivity contribution in [2.75, 3.05) is 0 Å². The van der Waals surface area contributed by atoms with E-state index in [0.29, 0.717) is 10.5 Å². The Labute approximate surface area is 229 Å². The van der Waals surface area contributed by atoms with E-state index in [1.807, 2.05) is 0 Å². The number of hydrogen-bond acceptors (Lipinski definition) is 6. The van der Waals surface area contributed by atoms with Crippen LogP contribution in [0.15, 0.2) is 59.8 Å². The largest absolute Gasteiger partial charge is 0.418 e. The Kier molecular flexibility index (Phi) is 8.54. The molecule has 3 atom stereocenters. The minimum atomic E-state index is -4.89. The fourth-order valence-electron chi connectivity index (χ4n) is 4.34. The summed E-state index contributed by atoms with van der Waals surface area (Å²) >= 11 is 0. The second kappa shape index (κ2) is 11.6. The summed E-state index contributed by atoms with van der Waals surface area (Å²) < 4.78 is 125. The molecule has 41 heavy (non-hydrogen) atoms. The van der Waals surface area contributed by atoms with E-state index in [1.165, 1.54) is 13.0 Å². The monoisotopic (exact) mass is 606 g/mol. The van der Waals surface area contributed by atoms with Gasteiger partial charge in [0.05, 0.1) is 22.2 Å². The highest BCUT2D eigenvalue weighted by Crippen LogP contribution is 2.35. The highest BCUT2D eigenvalue weighted by Gasteiger charge is 2.49. The third kappa shape index (κ3) is 6.59. The zero-order chi connectivity index (χ0) is 30.1. The maximum atomic E-state index is 14.7. The van der Waals surface area contributed by atoms with Gasteiger partial charge in [-0.15, -0.1) is 0 Å². The Morgan fingerprint density at radius 3 is 2.39 bits per heavy atom. The molecule has 0 aliphatic carbocycles. The van der Waals surface area contributed by atoms with Gasteiger partial charge in [0.15, 0.2) is 0 Å². The van der Waals surface area contributed by atoms with Crippen molar-refractivity contribution in [1.29, 1.82) is 0 Å². The maximum Gasteiger partial charge on any atom is 0.418 e. The van der Waals surface area contributed by atoms with Crippen LogP contribution in [-0.4, -0.2) is 53.5 Å². The summed E-state index contributed by atoms with van der Waals surface area (Å²) in [7, 11) is -4.49. The molecular formula is C25H21F7N4O4S. The van der Waals surface area contributed by atoms with Crippen LogP contribution in [0.4, 0.5) is 30.7 Å². The van der Waals surface area contributed by atoms with E-state index in [0.717, 1.165) is 42.6 Å². The third-order valence-electron chi connectivity index (χ3n) is 6.36. The number of alkyl halides is 6. The number of hydrogen-bond donors (Lipinski definition) is 1. The molecule has 1 N–H and O–H groups in total. The molecule has 0 spiro atoms. The molecule has 1 aliphatic heterocycles. The predicted molar refractivity (Wildman–Crippen MR) is 129 cm³/mol. The molecule has 1 amide bonds. The van der Waals surface area contributed by atoms with Crippen LogP contribution in [0.3, 0.4) is 0 Å². The molecule has 1 fully saturated rings. The zero-order valence-corrected chi connectivity index (χ0v) is 21.8. The number of carbonyl (C=O) groups excluding carboxylic acids is 1. The van der Waals surface area contributed by atoms with Crippen molar-refractivity contribution < 1.29 is 48.7 Å². The standard InChI is InChI=1S/C25H21F7N4O4S/c1-13-19(27)9-21(36(13)41(38,39)17-5-3-16(26)4-6-17)23(37)35-11-15-8-20(33-12-18(15)25(30,31)32)14-2-7-22(34-10-14)40-24(28)29/h2-8,10,12-13,19,21,24H,9,11H2,1H3,(H,35,37). The molecule has 8 nitrogen and oxygen atoms in total. The summed E-state index contributed by atoms with van der Waals surface area (Å²) in [5, 5.41) is 2.25. The van der Waals surface area contributed by atoms with Gasteiger partial charge in [0.1, 0.15) is 18.0 Å². The predicted octanol–water partition coefficient (Wildman–Crippen LogP) is 4.71. The Balaban J connectivity index is 1.59. The first kappa shape index (κ1) is 30.2. The smallest absolute Gasteiger partial charge is 0.417 e. The van der Waals surface area contributed by atoms with Gasteiger partial charge in [-0.1, -0.05) is 0 Å². The van der Waals surface area contributed by atoms with Crippen LogP contribution in [0.25, 0.3) is 11.3 Å². The molecule has 3 aromatic rings. The van der Waals surface area contributed by atoms with Crippen molar-refractivity contribution in [2.45, 2.75) is 55.8 Å². The Hall–Kier alpha value is -3.79. The molecule has 3 unspecified atom stereocenters. The average Bonchev–Trinajstić information content (AvgIpc) is 3.21. The van der Waals surface area contributed by atoms with E-state index in [-0.39, 0.29) is 11.3 Å². The number of nitrogens with zero attached hydrogens (tertiary/aromatic N) is 3. The van der Waals surface area contributed by atoms with Gasteiger partial charge in [0.25, 0.3) is 0 Å². The fraction of sp³-hybridized carbons (Fsp3) is 0.320. The second-order valence-corrected chi connectivity index (χ2v) is 10.8. The summed E-state index contributed by atoms with van der Waals surface area (Å²) in [5.74, 6) is -2.20. The van der Waals surface area contributed by atoms with E-state index >= 15 is 0 Å². The van der Waals surface area contributed by atoms with Crippen molar-refractivity contribution in [3.05, 3.63) is 71.8 Å². The molecule has 2 aromatic heterocycles. The fourth-order valence-corrected chi connectivity index (χ4v) is 6.15. The van der Waals surface area contributed by atoms with Gasteiger partial charge in [-0.2, -0.15) is 26.3 Å². The number of aromatic nitrogens is 2. The van der Waals surface area contributed by atoms with Crippen molar-refractivity contribution in [3.8, 4) is 17.1 Å². The normalized spacial score (nSPS) is 19.9. The highest BCUT2D eigenvalue weighted by molar-refractivity contribution is 7.89. The minimum Gasteiger partial charge on any atom is -0.417 e. The zero-order valence-electron chi connectivity index (χ0n) is 20.9. The topological polar surface area (TPSA) is 101 Å². The lowest BCUT2D eigenvalue weighted by Gasteiger charge is -2.27. The van der Waals surface area contributed by atoms with Gasteiger partial charge in [-0.25, -0.2) is 22.2 Å². The Morgan fingerprint density at radius 2 is 1.80 bits per heavy atom. The molecular weight excluding hydrogens is 585 g/mol. The highest BCUT2D eigenvalue weighted by atomic mass is 32.2. The molecule has 4 rings (SSSR count). The van der Waals surface area contributed by atoms with Crippen LogP contribution < -0.4 is 10.1 Å². The summed E-state index contributed by atoms with van der Waals surface area (Å²) in [4.78, 5) is 20.1. The van der Waals surface area contributed by atoms with Crippen LogP contribution >= 0.6 is 0 Å². The van der Waals surface area contributed by atoms with Gasteiger partial charge in [0.2, 0.25) is 21.8 Å². The van der Waals surface area contributed by atoms with Gasteiger partial charge >= 0.3 is 12.8 Å². The summed E-state index contributed by atoms with van der Waals surface area (Å²) in [6.07, 6.45) is -5.64. The molecule has 0 saturated carbocycles. The molecule has 1 saturated heterocycles. The van der Waals surface area contributed by atoms with E-state index < -0.39 is 87.7 Å². The Bertz CT molecular complexity index is 1500. The number of pyridine rings is 2. The van der Waals surface area contributed by atoms with Crippen molar-refractivity contribution >= 4 is 15.9 Å². The number of ether oxygens (including phenoxy) is 1. The Morgan fingerprint density at radius 1 is 1.12 bits per heavy atom. The lowest BCUT2D eigenvalue weighted by Crippen LogP contribution is -2.48. The molecule has 0 radical (unpaired) electrons. The lowest BCUT2D eigenvalue weighted by atomic mass is 10.1. The van der Waals surface area contributed by atoms with Crippen molar-refractivity contribution in [3.63, 3.8) is 0 Å². The van der Waals surface area contributed by atoms with E-state index in [2.05, 4.69) is 20.0 Å². The van der Waals surface area contributed by atoms with Crippen LogP contribution in [0.1, 0.15) is 24.5 Å². The number of carbonyl (C=O) groups is 1. The summed E-state index contributed by atoms with van der Waals surface area (Å²) in [6.45, 7) is -2.64. The van der Waals surface area contributed by atoms with Crippen molar-refractivity contribution in [1.82, 2.24) is 19.6 Å². The molecule has 3 heterocycles. The van der Waals surface area contributed by atoms with E-state index in [9.17, 15) is 43.9 Å². The first-order valence-corrected chi connectivity index (χ1v) is 13.3. The number of nitrogens with one attached hydrogen (secondary N) is 1. The first-order chi connectivity index (χ1) is 19.2. The van der Waals surface area contributed by atoms with Crippen molar-refractivity contribution in [2.24, 2.45) is 0 Å². The molecule has 0 bridgehead atoms. The van der Waals surface area contributed by atoms with Crippen LogP contribution in [0.2, 0.25) is 0 Å². The minimum absolute atomic E-state index is 0.0443. The summed E-state index contributed by atoms with van der Waals surface area (Å²) in [6, 6.07) is 4.07. The average molecular weight is 607 g/mol. The van der Waals surface area contributed by atoms with Gasteiger partial charge < -0.3 is 10.1 Å². The van der Waals surface area contributed by atoms with Gasteiger partial charge in [0, 0.05) is 37.0 Å². The number of sulfonamides is 1. The molecule has 220 valence electrons. The SMILES string of the molecule is CC1C(F)CC(C(=O)NCc2cc(-c3ccc(OC(F)F)nc3)ncc2C(F)(F)F)N1S(=O)(=O)c1ccc(F)cc1. The lowest BCUT2D eigenvalue weighted by molar-refractivity contribution is -0.138. The summed E-state index contributed by atoms with van der Waals surface area (Å²) in [5.41, 5.74) is -1.56. The van der Waals surface area contributed by atoms with E-state index in [4.69, 9.17) is 0 Å². The van der Waals surface area contributed by atoms with E-state index in [1.54, 1.807) is 0 Å². The number of amides is 1. The third-order valence-corrected chi connectivity index (χ3v) is 8.37. The second-order valence-electron chi connectivity index (χ2n) is 9.00. The number of rotatable bonds is 8. The first-order valence-electron chi connectivity index (χ1n) is 11.9. The van der Waals surface area contributed by atoms with Crippen LogP contribution in [-0.2, 0) is 27.5 Å². The van der Waals surface area contributed by atoms with Crippen LogP contribution in [0, 0.1) is 5.82 Å². The molecule has 16 heteroatoms. The van der Waals surface area contributed by atoms with Crippen LogP contribution in [0.5, 0.6) is 5.88 Å². The number of halogens is 7.